The van der Waals surface area contributed by atoms with E-state index in [9.17, 15) is 21.6 Å². The number of methoxy groups -OCH3 is 1. The number of amides is 1. The molecule has 2 aromatic carbocycles. The van der Waals surface area contributed by atoms with Gasteiger partial charge in [-0.05, 0) is 55.3 Å². The number of sulfonamides is 2. The second kappa shape index (κ2) is 11.2. The summed E-state index contributed by atoms with van der Waals surface area (Å²) in [5.41, 5.74) is 0.390. The average Bonchev–Trinajstić information content (AvgIpc) is 3.18. The number of hydrogen-bond donors (Lipinski definition) is 1. The molecular weight excluding hydrogens is 506 g/mol. The Bertz CT molecular complexity index is 1280. The van der Waals surface area contributed by atoms with Crippen LogP contribution in [-0.2, 0) is 24.8 Å². The first-order valence-electron chi connectivity index (χ1n) is 11.9. The number of rotatable bonds is 7. The first kappa shape index (κ1) is 26.4. The van der Waals surface area contributed by atoms with Crippen LogP contribution in [0, 0.1) is 0 Å². The number of nitrogens with one attached hydrogen (secondary N) is 1. The van der Waals surface area contributed by atoms with Gasteiger partial charge >= 0.3 is 0 Å². The van der Waals surface area contributed by atoms with E-state index in [-0.39, 0.29) is 40.0 Å². The minimum absolute atomic E-state index is 0.0714. The molecule has 2 aromatic rings. The average molecular weight is 538 g/mol. The van der Waals surface area contributed by atoms with E-state index in [1.807, 2.05) is 0 Å². The molecule has 1 amide bonds. The second-order valence-corrected chi connectivity index (χ2v) is 12.3. The molecule has 36 heavy (non-hydrogen) atoms. The summed E-state index contributed by atoms with van der Waals surface area (Å²) in [6.45, 7) is 2.45. The van der Waals surface area contributed by atoms with Crippen LogP contribution >= 0.6 is 0 Å². The predicted molar refractivity (Wildman–Crippen MR) is 134 cm³/mol. The largest absolute Gasteiger partial charge is 0.496 e. The maximum Gasteiger partial charge on any atom is 0.261 e. The topological polar surface area (TPSA) is 122 Å². The number of anilines is 1. The van der Waals surface area contributed by atoms with Gasteiger partial charge in [0, 0.05) is 31.9 Å². The molecule has 0 unspecified atom stereocenters. The van der Waals surface area contributed by atoms with Gasteiger partial charge in [0.05, 0.1) is 35.7 Å². The first-order valence-corrected chi connectivity index (χ1v) is 14.8. The van der Waals surface area contributed by atoms with E-state index < -0.39 is 20.0 Å². The van der Waals surface area contributed by atoms with Gasteiger partial charge in [0.25, 0.3) is 15.9 Å². The fourth-order valence-electron chi connectivity index (χ4n) is 4.31. The van der Waals surface area contributed by atoms with Crippen LogP contribution in [-0.4, -0.2) is 78.5 Å². The highest BCUT2D eigenvalue weighted by molar-refractivity contribution is 7.92. The summed E-state index contributed by atoms with van der Waals surface area (Å²) in [5.74, 6) is 0.0457. The van der Waals surface area contributed by atoms with Gasteiger partial charge in [0.15, 0.2) is 0 Å². The molecule has 0 bridgehead atoms. The molecule has 1 N–H and O–H groups in total. The molecule has 0 aromatic heterocycles. The predicted octanol–water partition coefficient (Wildman–Crippen LogP) is 2.53. The van der Waals surface area contributed by atoms with Crippen molar-refractivity contribution in [3.63, 3.8) is 0 Å². The third-order valence-electron chi connectivity index (χ3n) is 6.32. The molecule has 2 aliphatic rings. The standard InChI is InChI=1S/C24H31N3O7S2/c1-33-23-11-10-21(18-22(23)24(28)26-12-4-2-3-5-13-26)35(29,30)25-19-6-8-20(9-7-19)36(31,32)27-14-16-34-17-15-27/h6-11,18,25H,2-5,12-17H2,1H3. The van der Waals surface area contributed by atoms with Crippen LogP contribution in [0.1, 0.15) is 36.0 Å². The quantitative estimate of drug-likeness (QED) is 0.576. The highest BCUT2D eigenvalue weighted by Crippen LogP contribution is 2.27. The molecule has 2 fully saturated rings. The summed E-state index contributed by atoms with van der Waals surface area (Å²) in [6.07, 6.45) is 3.94. The van der Waals surface area contributed by atoms with E-state index in [0.717, 1.165) is 25.7 Å². The van der Waals surface area contributed by atoms with Crippen LogP contribution in [0.25, 0.3) is 0 Å². The Morgan fingerprint density at radius 2 is 1.47 bits per heavy atom. The smallest absolute Gasteiger partial charge is 0.261 e. The number of carbonyl (C=O) groups excluding carboxylic acids is 1. The lowest BCUT2D eigenvalue weighted by atomic mass is 10.1. The van der Waals surface area contributed by atoms with Crippen molar-refractivity contribution in [1.82, 2.24) is 9.21 Å². The Labute approximate surface area is 212 Å². The fourth-order valence-corrected chi connectivity index (χ4v) is 6.80. The molecule has 2 heterocycles. The summed E-state index contributed by atoms with van der Waals surface area (Å²) in [7, 11) is -6.31. The lowest BCUT2D eigenvalue weighted by Crippen LogP contribution is -2.40. The van der Waals surface area contributed by atoms with Crippen molar-refractivity contribution in [3.05, 3.63) is 48.0 Å². The third kappa shape index (κ3) is 5.83. The van der Waals surface area contributed by atoms with E-state index >= 15 is 0 Å². The molecule has 0 saturated carbocycles. The maximum atomic E-state index is 13.2. The first-order chi connectivity index (χ1) is 17.2. The van der Waals surface area contributed by atoms with Crippen molar-refractivity contribution >= 4 is 31.6 Å². The zero-order valence-corrected chi connectivity index (χ0v) is 21.8. The van der Waals surface area contributed by atoms with Crippen molar-refractivity contribution in [3.8, 4) is 5.75 Å². The van der Waals surface area contributed by atoms with Gasteiger partial charge in [-0.1, -0.05) is 12.8 Å². The van der Waals surface area contributed by atoms with Gasteiger partial charge in [-0.25, -0.2) is 16.8 Å². The number of ether oxygens (including phenoxy) is 2. The van der Waals surface area contributed by atoms with Crippen LogP contribution < -0.4 is 9.46 Å². The normalized spacial score (nSPS) is 17.9. The minimum atomic E-state index is -4.05. The number of morpholine rings is 1. The highest BCUT2D eigenvalue weighted by atomic mass is 32.2. The number of carbonyl (C=O) groups is 1. The zero-order chi connectivity index (χ0) is 25.8. The lowest BCUT2D eigenvalue weighted by molar-refractivity contribution is 0.0730. The second-order valence-electron chi connectivity index (χ2n) is 8.71. The Morgan fingerprint density at radius 1 is 0.861 bits per heavy atom. The molecule has 0 radical (unpaired) electrons. The SMILES string of the molecule is COc1ccc(S(=O)(=O)Nc2ccc(S(=O)(=O)N3CCOCC3)cc2)cc1C(=O)N1CCCCCC1. The van der Waals surface area contributed by atoms with Gasteiger partial charge in [-0.3, -0.25) is 9.52 Å². The van der Waals surface area contributed by atoms with Crippen molar-refractivity contribution in [2.45, 2.75) is 35.5 Å². The number of hydrogen-bond acceptors (Lipinski definition) is 7. The molecule has 2 aliphatic heterocycles. The van der Waals surface area contributed by atoms with Crippen LogP contribution in [0.5, 0.6) is 5.75 Å². The summed E-state index contributed by atoms with van der Waals surface area (Å²) in [5, 5.41) is 0. The van der Waals surface area contributed by atoms with E-state index in [2.05, 4.69) is 4.72 Å². The summed E-state index contributed by atoms with van der Waals surface area (Å²) >= 11 is 0. The summed E-state index contributed by atoms with van der Waals surface area (Å²) < 4.78 is 66.2. The van der Waals surface area contributed by atoms with Crippen LogP contribution in [0.3, 0.4) is 0 Å². The number of nitrogens with zero attached hydrogens (tertiary/aromatic N) is 2. The Hall–Kier alpha value is -2.67. The maximum absolute atomic E-state index is 13.2. The van der Waals surface area contributed by atoms with Gasteiger partial charge in [-0.2, -0.15) is 4.31 Å². The summed E-state index contributed by atoms with van der Waals surface area (Å²) in [4.78, 5) is 14.9. The molecule has 0 spiro atoms. The van der Waals surface area contributed by atoms with Crippen LogP contribution in [0.15, 0.2) is 52.3 Å². The van der Waals surface area contributed by atoms with E-state index in [1.54, 1.807) is 4.90 Å². The van der Waals surface area contributed by atoms with E-state index in [0.29, 0.717) is 32.1 Å². The lowest BCUT2D eigenvalue weighted by Gasteiger charge is -2.26. The van der Waals surface area contributed by atoms with E-state index in [1.165, 1.54) is 53.9 Å². The monoisotopic (exact) mass is 537 g/mol. The Balaban J connectivity index is 1.54. The van der Waals surface area contributed by atoms with Crippen molar-refractivity contribution in [2.75, 3.05) is 51.2 Å². The minimum Gasteiger partial charge on any atom is -0.496 e. The van der Waals surface area contributed by atoms with Gasteiger partial charge in [-0.15, -0.1) is 0 Å². The van der Waals surface area contributed by atoms with Crippen molar-refractivity contribution in [1.29, 1.82) is 0 Å². The highest BCUT2D eigenvalue weighted by Gasteiger charge is 2.27. The van der Waals surface area contributed by atoms with Gasteiger partial charge < -0.3 is 14.4 Å². The molecule has 196 valence electrons. The van der Waals surface area contributed by atoms with Crippen molar-refractivity contribution < 1.29 is 31.1 Å². The van der Waals surface area contributed by atoms with E-state index in [4.69, 9.17) is 9.47 Å². The number of benzene rings is 2. The molecule has 12 heteroatoms. The third-order valence-corrected chi connectivity index (χ3v) is 9.61. The molecule has 10 nitrogen and oxygen atoms in total. The summed E-state index contributed by atoms with van der Waals surface area (Å²) in [6, 6.07) is 9.70. The molecule has 0 atom stereocenters. The van der Waals surface area contributed by atoms with Gasteiger partial charge in [0.1, 0.15) is 5.75 Å². The molecule has 4 rings (SSSR count). The van der Waals surface area contributed by atoms with Crippen LogP contribution in [0.2, 0.25) is 0 Å². The van der Waals surface area contributed by atoms with Crippen molar-refractivity contribution in [2.24, 2.45) is 0 Å². The Morgan fingerprint density at radius 3 is 2.08 bits per heavy atom. The number of likely N-dealkylation sites (tertiary alicyclic amines) is 1. The molecular formula is C24H31N3O7S2. The van der Waals surface area contributed by atoms with Gasteiger partial charge in [0.2, 0.25) is 10.0 Å². The Kier molecular flexibility index (Phi) is 8.18. The zero-order valence-electron chi connectivity index (χ0n) is 20.2. The molecule has 0 aliphatic carbocycles. The fraction of sp³-hybridized carbons (Fsp3) is 0.458. The molecule has 2 saturated heterocycles. The van der Waals surface area contributed by atoms with Crippen LogP contribution in [0.4, 0.5) is 5.69 Å².